The van der Waals surface area contributed by atoms with E-state index in [2.05, 4.69) is 20.5 Å². The first-order chi connectivity index (χ1) is 8.68. The van der Waals surface area contributed by atoms with Gasteiger partial charge in [0, 0.05) is 18.6 Å². The lowest BCUT2D eigenvalue weighted by Crippen LogP contribution is -2.27. The van der Waals surface area contributed by atoms with Gasteiger partial charge in [0.25, 0.3) is 5.91 Å². The fourth-order valence-corrected chi connectivity index (χ4v) is 1.79. The Kier molecular flexibility index (Phi) is 3.84. The Morgan fingerprint density at radius 2 is 2.22 bits per heavy atom. The summed E-state index contributed by atoms with van der Waals surface area (Å²) in [5.74, 6) is -0.288. The van der Waals surface area contributed by atoms with Crippen LogP contribution in [0.3, 0.4) is 0 Å². The number of hydrogen-bond acceptors (Lipinski definition) is 4. The first-order valence-corrected chi connectivity index (χ1v) is 5.74. The Labute approximate surface area is 109 Å². The molecular weight excluding hydrogens is 252 g/mol. The number of carbonyl (C=O) groups excluding carboxylic acids is 1. The van der Waals surface area contributed by atoms with E-state index in [-0.39, 0.29) is 17.6 Å². The minimum Gasteiger partial charge on any atom is -0.344 e. The molecule has 0 aromatic carbocycles. The van der Waals surface area contributed by atoms with Crippen molar-refractivity contribution >= 4 is 17.5 Å². The molecule has 92 valence electrons. The van der Waals surface area contributed by atoms with E-state index in [1.807, 2.05) is 6.92 Å². The molecule has 0 aliphatic carbocycles. The number of nitrogens with zero attached hydrogens (tertiary/aromatic N) is 3. The van der Waals surface area contributed by atoms with Crippen molar-refractivity contribution < 1.29 is 4.79 Å². The molecule has 0 fully saturated rings. The van der Waals surface area contributed by atoms with E-state index in [4.69, 9.17) is 11.6 Å². The third-order valence-electron chi connectivity index (χ3n) is 2.42. The molecule has 2 aromatic heterocycles. The van der Waals surface area contributed by atoms with Gasteiger partial charge in [-0.2, -0.15) is 5.10 Å². The molecule has 0 aliphatic heterocycles. The smallest absolute Gasteiger partial charge is 0.272 e. The summed E-state index contributed by atoms with van der Waals surface area (Å²) >= 11 is 6.01. The zero-order valence-electron chi connectivity index (χ0n) is 9.67. The summed E-state index contributed by atoms with van der Waals surface area (Å²) in [6.45, 7) is 1.84. The molecule has 1 atom stereocenters. The van der Waals surface area contributed by atoms with Crippen LogP contribution in [0.5, 0.6) is 0 Å². The monoisotopic (exact) mass is 262 g/mol. The van der Waals surface area contributed by atoms with Gasteiger partial charge in [-0.3, -0.25) is 9.78 Å². The Morgan fingerprint density at radius 3 is 2.89 bits per heavy atom. The highest BCUT2D eigenvalue weighted by Crippen LogP contribution is 2.21. The maximum Gasteiger partial charge on any atom is 0.272 e. The van der Waals surface area contributed by atoms with Crippen LogP contribution in [0.1, 0.15) is 29.0 Å². The lowest BCUT2D eigenvalue weighted by Gasteiger charge is -2.14. The van der Waals surface area contributed by atoms with Crippen LogP contribution in [0.2, 0.25) is 5.02 Å². The first kappa shape index (κ1) is 12.4. The number of rotatable bonds is 3. The molecule has 0 bridgehead atoms. The van der Waals surface area contributed by atoms with Crippen LogP contribution < -0.4 is 5.32 Å². The zero-order valence-corrected chi connectivity index (χ0v) is 10.4. The van der Waals surface area contributed by atoms with E-state index in [1.165, 1.54) is 6.20 Å². The summed E-state index contributed by atoms with van der Waals surface area (Å²) in [6, 6.07) is 4.80. The second-order valence-corrected chi connectivity index (χ2v) is 4.11. The van der Waals surface area contributed by atoms with Gasteiger partial charge in [0.15, 0.2) is 5.69 Å². The number of amides is 1. The number of nitrogens with one attached hydrogen (secondary N) is 1. The Morgan fingerprint density at radius 1 is 1.39 bits per heavy atom. The van der Waals surface area contributed by atoms with Gasteiger partial charge in [0.2, 0.25) is 0 Å². The summed E-state index contributed by atoms with van der Waals surface area (Å²) in [4.78, 5) is 15.8. The van der Waals surface area contributed by atoms with Crippen LogP contribution in [0.4, 0.5) is 0 Å². The minimum atomic E-state index is -0.288. The van der Waals surface area contributed by atoms with Crippen molar-refractivity contribution in [1.29, 1.82) is 0 Å². The number of carbonyl (C=O) groups is 1. The highest BCUT2D eigenvalue weighted by atomic mass is 35.5. The van der Waals surface area contributed by atoms with Crippen LogP contribution in [0.15, 0.2) is 36.8 Å². The molecule has 2 rings (SSSR count). The van der Waals surface area contributed by atoms with Gasteiger partial charge >= 0.3 is 0 Å². The van der Waals surface area contributed by atoms with Gasteiger partial charge in [0.05, 0.1) is 11.1 Å². The van der Waals surface area contributed by atoms with E-state index in [9.17, 15) is 4.79 Å². The molecule has 6 heteroatoms. The van der Waals surface area contributed by atoms with Gasteiger partial charge in [-0.15, -0.1) is 5.10 Å². The summed E-state index contributed by atoms with van der Waals surface area (Å²) in [7, 11) is 0. The number of aromatic nitrogens is 3. The standard InChI is InChI=1S/C12H11ClN4O/c1-8(9-4-6-14-7-10(9)13)16-12(18)11-3-2-5-15-17-11/h2-8H,1H3,(H,16,18). The quantitative estimate of drug-likeness (QED) is 0.919. The summed E-state index contributed by atoms with van der Waals surface area (Å²) in [6.07, 6.45) is 4.69. The van der Waals surface area contributed by atoms with Crippen molar-refractivity contribution in [3.8, 4) is 0 Å². The Hall–Kier alpha value is -2.01. The predicted octanol–water partition coefficient (Wildman–Crippen LogP) is 2.02. The van der Waals surface area contributed by atoms with Crippen LogP contribution in [0.25, 0.3) is 0 Å². The van der Waals surface area contributed by atoms with Crippen molar-refractivity contribution in [3.63, 3.8) is 0 Å². The van der Waals surface area contributed by atoms with Gasteiger partial charge < -0.3 is 5.32 Å². The molecular formula is C12H11ClN4O. The molecule has 2 heterocycles. The Balaban J connectivity index is 2.11. The second-order valence-electron chi connectivity index (χ2n) is 3.70. The van der Waals surface area contributed by atoms with Crippen molar-refractivity contribution in [2.24, 2.45) is 0 Å². The van der Waals surface area contributed by atoms with Gasteiger partial charge in [-0.05, 0) is 30.7 Å². The lowest BCUT2D eigenvalue weighted by molar-refractivity contribution is 0.0934. The normalized spacial score (nSPS) is 11.9. The summed E-state index contributed by atoms with van der Waals surface area (Å²) in [5, 5.41) is 10.7. The molecule has 18 heavy (non-hydrogen) atoms. The fraction of sp³-hybridized carbons (Fsp3) is 0.167. The van der Waals surface area contributed by atoms with Crippen molar-refractivity contribution in [2.45, 2.75) is 13.0 Å². The lowest BCUT2D eigenvalue weighted by atomic mass is 10.1. The van der Waals surface area contributed by atoms with E-state index in [0.29, 0.717) is 5.02 Å². The molecule has 0 saturated heterocycles. The summed E-state index contributed by atoms with van der Waals surface area (Å²) in [5.41, 5.74) is 1.08. The minimum absolute atomic E-state index is 0.227. The SMILES string of the molecule is CC(NC(=O)c1cccnn1)c1ccncc1Cl. The van der Waals surface area contributed by atoms with Gasteiger partial charge in [0.1, 0.15) is 0 Å². The van der Waals surface area contributed by atoms with Gasteiger partial charge in [-0.1, -0.05) is 11.6 Å². The molecule has 5 nitrogen and oxygen atoms in total. The third-order valence-corrected chi connectivity index (χ3v) is 2.74. The predicted molar refractivity (Wildman–Crippen MR) is 67.2 cm³/mol. The highest BCUT2D eigenvalue weighted by Gasteiger charge is 2.14. The van der Waals surface area contributed by atoms with Crippen molar-refractivity contribution in [2.75, 3.05) is 0 Å². The molecule has 1 N–H and O–H groups in total. The van der Waals surface area contributed by atoms with Crippen molar-refractivity contribution in [3.05, 3.63) is 53.1 Å². The van der Waals surface area contributed by atoms with Crippen LogP contribution >= 0.6 is 11.6 Å². The van der Waals surface area contributed by atoms with Crippen molar-refractivity contribution in [1.82, 2.24) is 20.5 Å². The van der Waals surface area contributed by atoms with E-state index >= 15 is 0 Å². The second kappa shape index (κ2) is 5.55. The first-order valence-electron chi connectivity index (χ1n) is 5.36. The van der Waals surface area contributed by atoms with Gasteiger partial charge in [-0.25, -0.2) is 0 Å². The number of halogens is 1. The molecule has 0 spiro atoms. The third kappa shape index (κ3) is 2.81. The molecule has 1 amide bonds. The van der Waals surface area contributed by atoms with E-state index in [0.717, 1.165) is 5.56 Å². The molecule has 1 unspecified atom stereocenters. The fourth-order valence-electron chi connectivity index (χ4n) is 1.51. The molecule has 0 saturated carbocycles. The maximum absolute atomic E-state index is 11.9. The summed E-state index contributed by atoms with van der Waals surface area (Å²) < 4.78 is 0. The molecule has 0 radical (unpaired) electrons. The Bertz CT molecular complexity index is 547. The topological polar surface area (TPSA) is 67.8 Å². The number of pyridine rings is 1. The van der Waals surface area contributed by atoms with Crippen LogP contribution in [-0.4, -0.2) is 21.1 Å². The highest BCUT2D eigenvalue weighted by molar-refractivity contribution is 6.31. The maximum atomic E-state index is 11.9. The molecule has 0 aliphatic rings. The zero-order chi connectivity index (χ0) is 13.0. The number of hydrogen-bond donors (Lipinski definition) is 1. The van der Waals surface area contributed by atoms with E-state index < -0.39 is 0 Å². The largest absolute Gasteiger partial charge is 0.344 e. The average Bonchev–Trinajstić information content (AvgIpc) is 2.40. The van der Waals surface area contributed by atoms with E-state index in [1.54, 1.807) is 30.6 Å². The molecule has 2 aromatic rings. The van der Waals surface area contributed by atoms with Crippen LogP contribution in [0, 0.1) is 0 Å². The average molecular weight is 263 g/mol. The van der Waals surface area contributed by atoms with Crippen LogP contribution in [-0.2, 0) is 0 Å².